The Morgan fingerprint density at radius 3 is 2.48 bits per heavy atom. The smallest absolute Gasteiger partial charge is 0.251 e. The SMILES string of the molecule is CCC(CC)NC(=O)c1cc(S(=O)(=O)NCCOC)ccc1C. The quantitative estimate of drug-likeness (QED) is 0.671. The van der Waals surface area contributed by atoms with Crippen LogP contribution in [0.3, 0.4) is 0 Å². The van der Waals surface area contributed by atoms with Crippen LogP contribution in [0.5, 0.6) is 0 Å². The predicted molar refractivity (Wildman–Crippen MR) is 90.1 cm³/mol. The van der Waals surface area contributed by atoms with Crippen molar-refractivity contribution in [1.82, 2.24) is 10.0 Å². The van der Waals surface area contributed by atoms with Crippen LogP contribution in [-0.2, 0) is 14.8 Å². The number of carbonyl (C=O) groups is 1. The first-order valence-electron chi connectivity index (χ1n) is 7.75. The molecule has 0 aliphatic carbocycles. The molecule has 1 aromatic rings. The number of sulfonamides is 1. The van der Waals surface area contributed by atoms with Crippen molar-refractivity contribution in [1.29, 1.82) is 0 Å². The summed E-state index contributed by atoms with van der Waals surface area (Å²) in [4.78, 5) is 12.5. The highest BCUT2D eigenvalue weighted by atomic mass is 32.2. The van der Waals surface area contributed by atoms with Gasteiger partial charge in [-0.1, -0.05) is 19.9 Å². The predicted octanol–water partition coefficient (Wildman–Crippen LogP) is 1.84. The number of methoxy groups -OCH3 is 1. The Morgan fingerprint density at radius 1 is 1.26 bits per heavy atom. The summed E-state index contributed by atoms with van der Waals surface area (Å²) in [5, 5.41) is 2.93. The van der Waals surface area contributed by atoms with Gasteiger partial charge in [-0.2, -0.15) is 0 Å². The van der Waals surface area contributed by atoms with Crippen LogP contribution in [0.4, 0.5) is 0 Å². The minimum Gasteiger partial charge on any atom is -0.383 e. The van der Waals surface area contributed by atoms with Crippen molar-refractivity contribution in [2.24, 2.45) is 0 Å². The number of hydrogen-bond donors (Lipinski definition) is 2. The molecule has 0 saturated heterocycles. The molecule has 0 fully saturated rings. The van der Waals surface area contributed by atoms with Crippen LogP contribution in [0.2, 0.25) is 0 Å². The van der Waals surface area contributed by atoms with E-state index < -0.39 is 10.0 Å². The fourth-order valence-corrected chi connectivity index (χ4v) is 3.17. The normalized spacial score (nSPS) is 11.7. The van der Waals surface area contributed by atoms with E-state index in [0.717, 1.165) is 18.4 Å². The summed E-state index contributed by atoms with van der Waals surface area (Å²) in [5.74, 6) is -0.245. The van der Waals surface area contributed by atoms with Gasteiger partial charge >= 0.3 is 0 Å². The molecule has 0 aliphatic rings. The molecule has 1 amide bonds. The van der Waals surface area contributed by atoms with Crippen molar-refractivity contribution in [2.45, 2.75) is 44.6 Å². The highest BCUT2D eigenvalue weighted by Crippen LogP contribution is 2.16. The second kappa shape index (κ2) is 9.00. The van der Waals surface area contributed by atoms with Gasteiger partial charge in [-0.05, 0) is 37.5 Å². The van der Waals surface area contributed by atoms with Crippen molar-refractivity contribution < 1.29 is 17.9 Å². The largest absolute Gasteiger partial charge is 0.383 e. The maximum Gasteiger partial charge on any atom is 0.251 e. The molecule has 0 radical (unpaired) electrons. The zero-order valence-electron chi connectivity index (χ0n) is 14.2. The number of hydrogen-bond acceptors (Lipinski definition) is 4. The maximum atomic E-state index is 12.4. The molecule has 0 aromatic heterocycles. The molecule has 1 rings (SSSR count). The summed E-state index contributed by atoms with van der Waals surface area (Å²) in [7, 11) is -2.15. The summed E-state index contributed by atoms with van der Waals surface area (Å²) in [5.41, 5.74) is 1.12. The van der Waals surface area contributed by atoms with Crippen molar-refractivity contribution in [3.8, 4) is 0 Å². The number of ether oxygens (including phenoxy) is 1. The van der Waals surface area contributed by atoms with Crippen LogP contribution in [0, 0.1) is 6.92 Å². The van der Waals surface area contributed by atoms with Gasteiger partial charge in [0.05, 0.1) is 11.5 Å². The van der Waals surface area contributed by atoms with E-state index in [2.05, 4.69) is 10.0 Å². The Bertz CT molecular complexity index is 625. The molecule has 7 heteroatoms. The van der Waals surface area contributed by atoms with E-state index in [0.29, 0.717) is 5.56 Å². The van der Waals surface area contributed by atoms with Gasteiger partial charge in [0.1, 0.15) is 0 Å². The third kappa shape index (κ3) is 5.60. The highest BCUT2D eigenvalue weighted by molar-refractivity contribution is 7.89. The Kier molecular flexibility index (Phi) is 7.67. The van der Waals surface area contributed by atoms with Gasteiger partial charge in [-0.3, -0.25) is 4.79 Å². The molecule has 130 valence electrons. The molecule has 0 aliphatic heterocycles. The van der Waals surface area contributed by atoms with E-state index >= 15 is 0 Å². The van der Waals surface area contributed by atoms with Gasteiger partial charge in [0.2, 0.25) is 10.0 Å². The van der Waals surface area contributed by atoms with Gasteiger partial charge in [0, 0.05) is 25.3 Å². The average molecular weight is 342 g/mol. The van der Waals surface area contributed by atoms with Crippen LogP contribution in [0.1, 0.15) is 42.6 Å². The number of carbonyl (C=O) groups excluding carboxylic acids is 1. The molecule has 0 bridgehead atoms. The lowest BCUT2D eigenvalue weighted by atomic mass is 10.1. The Morgan fingerprint density at radius 2 is 1.91 bits per heavy atom. The van der Waals surface area contributed by atoms with E-state index in [1.807, 2.05) is 13.8 Å². The lowest BCUT2D eigenvalue weighted by Crippen LogP contribution is -2.34. The zero-order chi connectivity index (χ0) is 17.5. The van der Waals surface area contributed by atoms with Crippen LogP contribution in [-0.4, -0.2) is 40.6 Å². The zero-order valence-corrected chi connectivity index (χ0v) is 15.0. The summed E-state index contributed by atoms with van der Waals surface area (Å²) < 4.78 is 31.7. The third-order valence-electron chi connectivity index (χ3n) is 3.68. The molecular formula is C16H26N2O4S. The summed E-state index contributed by atoms with van der Waals surface area (Å²) in [6.45, 7) is 6.26. The first kappa shape index (κ1) is 19.6. The van der Waals surface area contributed by atoms with Crippen LogP contribution in [0.15, 0.2) is 23.1 Å². The van der Waals surface area contributed by atoms with Crippen LogP contribution in [0.25, 0.3) is 0 Å². The van der Waals surface area contributed by atoms with Gasteiger partial charge in [0.15, 0.2) is 0 Å². The lowest BCUT2D eigenvalue weighted by Gasteiger charge is -2.16. The standard InChI is InChI=1S/C16H26N2O4S/c1-5-13(6-2)18-16(19)15-11-14(8-7-12(15)3)23(20,21)17-9-10-22-4/h7-8,11,13,17H,5-6,9-10H2,1-4H3,(H,18,19). The Labute approximate surface area is 138 Å². The van der Waals surface area contributed by atoms with Gasteiger partial charge < -0.3 is 10.1 Å². The minimum atomic E-state index is -3.65. The van der Waals surface area contributed by atoms with E-state index in [-0.39, 0.29) is 30.0 Å². The summed E-state index contributed by atoms with van der Waals surface area (Å²) >= 11 is 0. The number of benzene rings is 1. The second-order valence-electron chi connectivity index (χ2n) is 5.35. The maximum absolute atomic E-state index is 12.4. The summed E-state index contributed by atoms with van der Waals surface area (Å²) in [6.07, 6.45) is 1.66. The van der Waals surface area contributed by atoms with Crippen molar-refractivity contribution in [2.75, 3.05) is 20.3 Å². The van der Waals surface area contributed by atoms with Gasteiger partial charge in [-0.15, -0.1) is 0 Å². The lowest BCUT2D eigenvalue weighted by molar-refractivity contribution is 0.0934. The van der Waals surface area contributed by atoms with Crippen molar-refractivity contribution in [3.05, 3.63) is 29.3 Å². The first-order valence-corrected chi connectivity index (χ1v) is 9.24. The molecule has 23 heavy (non-hydrogen) atoms. The molecule has 0 atom stereocenters. The van der Waals surface area contributed by atoms with Gasteiger partial charge in [-0.25, -0.2) is 13.1 Å². The Hall–Kier alpha value is -1.44. The second-order valence-corrected chi connectivity index (χ2v) is 7.12. The van der Waals surface area contributed by atoms with E-state index in [1.54, 1.807) is 13.0 Å². The Balaban J connectivity index is 3.01. The van der Waals surface area contributed by atoms with E-state index in [9.17, 15) is 13.2 Å². The van der Waals surface area contributed by atoms with E-state index in [1.165, 1.54) is 19.2 Å². The summed E-state index contributed by atoms with van der Waals surface area (Å²) in [6, 6.07) is 4.65. The fraction of sp³-hybridized carbons (Fsp3) is 0.562. The monoisotopic (exact) mass is 342 g/mol. The van der Waals surface area contributed by atoms with Crippen LogP contribution >= 0.6 is 0 Å². The minimum absolute atomic E-state index is 0.0777. The van der Waals surface area contributed by atoms with E-state index in [4.69, 9.17) is 4.74 Å². The number of amides is 1. The molecule has 0 heterocycles. The first-order chi connectivity index (χ1) is 10.9. The van der Waals surface area contributed by atoms with Crippen LogP contribution < -0.4 is 10.0 Å². The topological polar surface area (TPSA) is 84.5 Å². The van der Waals surface area contributed by atoms with Crippen molar-refractivity contribution >= 4 is 15.9 Å². The molecule has 0 saturated carbocycles. The third-order valence-corrected chi connectivity index (χ3v) is 5.14. The molecule has 1 aromatic carbocycles. The molecule has 2 N–H and O–H groups in total. The molecule has 6 nitrogen and oxygen atoms in total. The highest BCUT2D eigenvalue weighted by Gasteiger charge is 2.18. The molecular weight excluding hydrogens is 316 g/mol. The molecule has 0 unspecified atom stereocenters. The number of aryl methyl sites for hydroxylation is 1. The van der Waals surface area contributed by atoms with Crippen molar-refractivity contribution in [3.63, 3.8) is 0 Å². The van der Waals surface area contributed by atoms with Gasteiger partial charge in [0.25, 0.3) is 5.91 Å². The fourth-order valence-electron chi connectivity index (χ4n) is 2.13. The average Bonchev–Trinajstić information content (AvgIpc) is 2.52. The number of nitrogens with one attached hydrogen (secondary N) is 2. The number of rotatable bonds is 9. The molecule has 0 spiro atoms.